The molecule has 0 bridgehead atoms. The molecule has 3 rings (SSSR count). The summed E-state index contributed by atoms with van der Waals surface area (Å²) in [4.78, 5) is 14.1. The number of hydrogen-bond donors (Lipinski definition) is 1. The van der Waals surface area contributed by atoms with Gasteiger partial charge in [0.15, 0.2) is 0 Å². The average molecular weight is 314 g/mol. The highest BCUT2D eigenvalue weighted by Gasteiger charge is 2.23. The molecule has 2 amide bonds. The van der Waals surface area contributed by atoms with Crippen molar-refractivity contribution < 1.29 is 9.53 Å². The maximum atomic E-state index is 12.3. The van der Waals surface area contributed by atoms with Crippen LogP contribution in [0.25, 0.3) is 11.1 Å². The van der Waals surface area contributed by atoms with Crippen LogP contribution in [0.2, 0.25) is 0 Å². The maximum Gasteiger partial charge on any atom is 0.318 e. The molecule has 2 heterocycles. The van der Waals surface area contributed by atoms with Crippen LogP contribution in [0.3, 0.4) is 0 Å². The molecule has 0 saturated carbocycles. The SMILES string of the molecule is C[C@H]1COCCN1C(=O)NCc1cccc(-c2cnn(C)c2)c1. The van der Waals surface area contributed by atoms with Gasteiger partial charge < -0.3 is 15.0 Å². The first-order chi connectivity index (χ1) is 11.1. The van der Waals surface area contributed by atoms with Crippen LogP contribution in [0.1, 0.15) is 12.5 Å². The van der Waals surface area contributed by atoms with E-state index in [0.717, 1.165) is 16.7 Å². The number of nitrogens with one attached hydrogen (secondary N) is 1. The van der Waals surface area contributed by atoms with Gasteiger partial charge in [0, 0.05) is 31.9 Å². The highest BCUT2D eigenvalue weighted by Crippen LogP contribution is 2.19. The molecular formula is C17H22N4O2. The second-order valence-electron chi connectivity index (χ2n) is 5.88. The van der Waals surface area contributed by atoms with E-state index in [1.807, 2.05) is 49.5 Å². The molecule has 6 heteroatoms. The molecule has 0 spiro atoms. The minimum Gasteiger partial charge on any atom is -0.377 e. The molecule has 2 aromatic rings. The number of morpholine rings is 1. The highest BCUT2D eigenvalue weighted by atomic mass is 16.5. The van der Waals surface area contributed by atoms with Crippen LogP contribution in [0.4, 0.5) is 4.79 Å². The van der Waals surface area contributed by atoms with Crippen molar-refractivity contribution in [3.05, 3.63) is 42.2 Å². The summed E-state index contributed by atoms with van der Waals surface area (Å²) < 4.78 is 7.14. The van der Waals surface area contributed by atoms with Gasteiger partial charge in [-0.05, 0) is 24.1 Å². The highest BCUT2D eigenvalue weighted by molar-refractivity contribution is 5.74. The van der Waals surface area contributed by atoms with E-state index < -0.39 is 0 Å². The Morgan fingerprint density at radius 1 is 1.43 bits per heavy atom. The van der Waals surface area contributed by atoms with E-state index >= 15 is 0 Å². The topological polar surface area (TPSA) is 59.4 Å². The van der Waals surface area contributed by atoms with Crippen molar-refractivity contribution in [2.45, 2.75) is 19.5 Å². The molecule has 1 aliphatic heterocycles. The smallest absolute Gasteiger partial charge is 0.318 e. The van der Waals surface area contributed by atoms with Crippen molar-refractivity contribution in [3.8, 4) is 11.1 Å². The number of urea groups is 1. The van der Waals surface area contributed by atoms with Crippen LogP contribution in [0.15, 0.2) is 36.7 Å². The van der Waals surface area contributed by atoms with Gasteiger partial charge in [0.05, 0.1) is 25.5 Å². The number of aromatic nitrogens is 2. The molecule has 6 nitrogen and oxygen atoms in total. The first kappa shape index (κ1) is 15.6. The standard InChI is InChI=1S/C17H22N4O2/c1-13-12-23-7-6-21(13)17(22)18-9-14-4-3-5-15(8-14)16-10-19-20(2)11-16/h3-5,8,10-11,13H,6-7,9,12H2,1-2H3,(H,18,22)/t13-/m0/s1. The van der Waals surface area contributed by atoms with Crippen molar-refractivity contribution >= 4 is 6.03 Å². The number of nitrogens with zero attached hydrogens (tertiary/aromatic N) is 3. The molecule has 1 aliphatic rings. The van der Waals surface area contributed by atoms with Crippen LogP contribution in [-0.2, 0) is 18.3 Å². The summed E-state index contributed by atoms with van der Waals surface area (Å²) in [5.41, 5.74) is 3.24. The van der Waals surface area contributed by atoms with Crippen molar-refractivity contribution in [2.24, 2.45) is 7.05 Å². The van der Waals surface area contributed by atoms with Gasteiger partial charge in [-0.25, -0.2) is 4.79 Å². The fourth-order valence-electron chi connectivity index (χ4n) is 2.74. The van der Waals surface area contributed by atoms with Crippen LogP contribution in [0, 0.1) is 0 Å². The molecular weight excluding hydrogens is 292 g/mol. The fourth-order valence-corrected chi connectivity index (χ4v) is 2.74. The largest absolute Gasteiger partial charge is 0.377 e. The molecule has 0 radical (unpaired) electrons. The van der Waals surface area contributed by atoms with Gasteiger partial charge in [0.1, 0.15) is 0 Å². The molecule has 1 N–H and O–H groups in total. The first-order valence-electron chi connectivity index (χ1n) is 7.83. The summed E-state index contributed by atoms with van der Waals surface area (Å²) in [6, 6.07) is 8.23. The Bertz CT molecular complexity index is 683. The summed E-state index contributed by atoms with van der Waals surface area (Å²) in [7, 11) is 1.90. The van der Waals surface area contributed by atoms with E-state index in [4.69, 9.17) is 4.74 Å². The molecule has 122 valence electrons. The predicted molar refractivity (Wildman–Crippen MR) is 87.9 cm³/mol. The number of hydrogen-bond acceptors (Lipinski definition) is 3. The lowest BCUT2D eigenvalue weighted by molar-refractivity contribution is 0.0190. The van der Waals surface area contributed by atoms with Crippen LogP contribution >= 0.6 is 0 Å². The van der Waals surface area contributed by atoms with E-state index in [9.17, 15) is 4.79 Å². The van der Waals surface area contributed by atoms with Crippen LogP contribution in [-0.4, -0.2) is 46.5 Å². The second kappa shape index (κ2) is 6.83. The summed E-state index contributed by atoms with van der Waals surface area (Å²) in [6.07, 6.45) is 3.82. The third-order valence-electron chi connectivity index (χ3n) is 4.04. The van der Waals surface area contributed by atoms with Gasteiger partial charge in [-0.2, -0.15) is 5.10 Å². The number of amides is 2. The summed E-state index contributed by atoms with van der Waals surface area (Å²) in [5.74, 6) is 0. The minimum absolute atomic E-state index is 0.0346. The van der Waals surface area contributed by atoms with Gasteiger partial charge in [-0.15, -0.1) is 0 Å². The molecule has 1 aromatic heterocycles. The summed E-state index contributed by atoms with van der Waals surface area (Å²) in [5, 5.41) is 7.19. The number of ether oxygens (including phenoxy) is 1. The van der Waals surface area contributed by atoms with Crippen molar-refractivity contribution in [1.82, 2.24) is 20.0 Å². The molecule has 1 fully saturated rings. The Morgan fingerprint density at radius 2 is 2.30 bits per heavy atom. The molecule has 1 saturated heterocycles. The number of benzene rings is 1. The Hall–Kier alpha value is -2.34. The lowest BCUT2D eigenvalue weighted by Crippen LogP contribution is -2.51. The van der Waals surface area contributed by atoms with Gasteiger partial charge in [0.25, 0.3) is 0 Å². The van der Waals surface area contributed by atoms with Gasteiger partial charge in [-0.3, -0.25) is 4.68 Å². The average Bonchev–Trinajstić information content (AvgIpc) is 3.00. The Kier molecular flexibility index (Phi) is 4.62. The van der Waals surface area contributed by atoms with Gasteiger partial charge in [0.2, 0.25) is 0 Å². The van der Waals surface area contributed by atoms with Crippen molar-refractivity contribution in [3.63, 3.8) is 0 Å². The van der Waals surface area contributed by atoms with Crippen LogP contribution in [0.5, 0.6) is 0 Å². The van der Waals surface area contributed by atoms with E-state index in [1.165, 1.54) is 0 Å². The maximum absolute atomic E-state index is 12.3. The molecule has 1 aromatic carbocycles. The third kappa shape index (κ3) is 3.71. The third-order valence-corrected chi connectivity index (χ3v) is 4.04. The van der Waals surface area contributed by atoms with E-state index in [2.05, 4.69) is 16.5 Å². The zero-order valence-corrected chi connectivity index (χ0v) is 13.5. The first-order valence-corrected chi connectivity index (χ1v) is 7.83. The molecule has 23 heavy (non-hydrogen) atoms. The number of aryl methyl sites for hydroxylation is 1. The molecule has 0 aliphatic carbocycles. The second-order valence-corrected chi connectivity index (χ2v) is 5.88. The minimum atomic E-state index is -0.0346. The number of rotatable bonds is 3. The van der Waals surface area contributed by atoms with Gasteiger partial charge in [-0.1, -0.05) is 18.2 Å². The van der Waals surface area contributed by atoms with Crippen molar-refractivity contribution in [1.29, 1.82) is 0 Å². The number of carbonyl (C=O) groups is 1. The Labute approximate surface area is 136 Å². The van der Waals surface area contributed by atoms with Crippen molar-refractivity contribution in [2.75, 3.05) is 19.8 Å². The Morgan fingerprint density at radius 3 is 3.04 bits per heavy atom. The van der Waals surface area contributed by atoms with E-state index in [1.54, 1.807) is 4.68 Å². The van der Waals surface area contributed by atoms with E-state index in [-0.39, 0.29) is 12.1 Å². The normalized spacial score (nSPS) is 18.0. The molecule has 1 atom stereocenters. The fraction of sp³-hybridized carbons (Fsp3) is 0.412. The monoisotopic (exact) mass is 314 g/mol. The summed E-state index contributed by atoms with van der Waals surface area (Å²) >= 11 is 0. The predicted octanol–water partition coefficient (Wildman–Crippen LogP) is 2.02. The zero-order chi connectivity index (χ0) is 16.2. The Balaban J connectivity index is 1.63. The quantitative estimate of drug-likeness (QED) is 0.943. The van der Waals surface area contributed by atoms with E-state index in [0.29, 0.717) is 26.3 Å². The zero-order valence-electron chi connectivity index (χ0n) is 13.5. The van der Waals surface area contributed by atoms with Gasteiger partial charge >= 0.3 is 6.03 Å². The van der Waals surface area contributed by atoms with Crippen LogP contribution < -0.4 is 5.32 Å². The lowest BCUT2D eigenvalue weighted by Gasteiger charge is -2.33. The summed E-state index contributed by atoms with van der Waals surface area (Å²) in [6.45, 7) is 4.36. The number of carbonyl (C=O) groups excluding carboxylic acids is 1. The lowest BCUT2D eigenvalue weighted by atomic mass is 10.1. The molecule has 0 unspecified atom stereocenters.